The van der Waals surface area contributed by atoms with E-state index >= 15 is 0 Å². The summed E-state index contributed by atoms with van der Waals surface area (Å²) in [7, 11) is 1.82. The molecule has 6 heteroatoms. The number of aromatic amines is 1. The van der Waals surface area contributed by atoms with E-state index < -0.39 is 0 Å². The second kappa shape index (κ2) is 7.64. The number of benzene rings is 2. The fourth-order valence-corrected chi connectivity index (χ4v) is 4.24. The first-order valence-electron chi connectivity index (χ1n) is 10.7. The normalized spacial score (nSPS) is 11.5. The minimum Gasteiger partial charge on any atom is -0.337 e. The van der Waals surface area contributed by atoms with Crippen molar-refractivity contribution in [1.29, 1.82) is 0 Å². The summed E-state index contributed by atoms with van der Waals surface area (Å²) in [5.74, 6) is 0.762. The van der Waals surface area contributed by atoms with Gasteiger partial charge in [0.25, 0.3) is 0 Å². The molecule has 0 radical (unpaired) electrons. The van der Waals surface area contributed by atoms with Crippen LogP contribution in [0.1, 0.15) is 25.5 Å². The molecule has 32 heavy (non-hydrogen) atoms. The zero-order chi connectivity index (χ0) is 22.4. The molecule has 0 atom stereocenters. The Labute approximate surface area is 186 Å². The van der Waals surface area contributed by atoms with Gasteiger partial charge in [0.1, 0.15) is 5.82 Å². The number of fused-ring (bicyclic) bond motifs is 1. The Morgan fingerprint density at radius 1 is 0.938 bits per heavy atom. The molecular formula is C26H25N5O. The maximum atomic E-state index is 12.8. The van der Waals surface area contributed by atoms with E-state index in [0.29, 0.717) is 0 Å². The second-order valence-electron chi connectivity index (χ2n) is 8.43. The molecule has 2 aromatic carbocycles. The van der Waals surface area contributed by atoms with Crippen molar-refractivity contribution in [3.05, 3.63) is 83.0 Å². The molecule has 5 rings (SSSR count). The van der Waals surface area contributed by atoms with Crippen LogP contribution in [0.4, 0.5) is 0 Å². The summed E-state index contributed by atoms with van der Waals surface area (Å²) in [6.07, 6.45) is 3.56. The van der Waals surface area contributed by atoms with Crippen LogP contribution in [0.3, 0.4) is 0 Å². The maximum Gasteiger partial charge on any atom is 0.329 e. The highest BCUT2D eigenvalue weighted by Crippen LogP contribution is 2.34. The molecule has 3 aromatic heterocycles. The molecule has 160 valence electrons. The van der Waals surface area contributed by atoms with Gasteiger partial charge in [-0.2, -0.15) is 0 Å². The zero-order valence-electron chi connectivity index (χ0n) is 18.6. The van der Waals surface area contributed by atoms with E-state index in [2.05, 4.69) is 47.2 Å². The first-order valence-corrected chi connectivity index (χ1v) is 10.7. The molecule has 0 aliphatic carbocycles. The van der Waals surface area contributed by atoms with E-state index in [9.17, 15) is 4.79 Å². The lowest BCUT2D eigenvalue weighted by Gasteiger charge is -2.08. The van der Waals surface area contributed by atoms with Crippen molar-refractivity contribution >= 4 is 11.0 Å². The summed E-state index contributed by atoms with van der Waals surface area (Å²) in [5.41, 5.74) is 7.73. The first-order chi connectivity index (χ1) is 15.4. The van der Waals surface area contributed by atoms with Crippen LogP contribution in [0.5, 0.6) is 0 Å². The Hall–Kier alpha value is -3.93. The van der Waals surface area contributed by atoms with E-state index in [0.717, 1.165) is 44.9 Å². The number of hydrogen-bond donors (Lipinski definition) is 1. The summed E-state index contributed by atoms with van der Waals surface area (Å²) >= 11 is 0. The Kier molecular flexibility index (Phi) is 4.78. The lowest BCUT2D eigenvalue weighted by atomic mass is 10.0. The SMILES string of the molecule is Cc1cccc(-c2nc(-c3cccnc3)[nH]c2-c2ccc3c(c2)n(C)c(=O)n3C(C)C)c1. The topological polar surface area (TPSA) is 68.5 Å². The minimum atomic E-state index is -0.00767. The average molecular weight is 424 g/mol. The molecule has 0 saturated carbocycles. The number of nitrogens with one attached hydrogen (secondary N) is 1. The highest BCUT2D eigenvalue weighted by Gasteiger charge is 2.18. The van der Waals surface area contributed by atoms with Gasteiger partial charge in [0, 0.05) is 42.2 Å². The van der Waals surface area contributed by atoms with Gasteiger partial charge in [0.15, 0.2) is 0 Å². The van der Waals surface area contributed by atoms with Gasteiger partial charge in [-0.1, -0.05) is 29.8 Å². The number of imidazole rings is 2. The number of hydrogen-bond acceptors (Lipinski definition) is 3. The van der Waals surface area contributed by atoms with Gasteiger partial charge in [-0.3, -0.25) is 14.1 Å². The van der Waals surface area contributed by atoms with Crippen molar-refractivity contribution in [3.8, 4) is 33.9 Å². The van der Waals surface area contributed by atoms with Crippen molar-refractivity contribution in [3.63, 3.8) is 0 Å². The third-order valence-corrected chi connectivity index (χ3v) is 5.82. The molecule has 1 N–H and O–H groups in total. The number of rotatable bonds is 4. The van der Waals surface area contributed by atoms with Crippen molar-refractivity contribution in [2.75, 3.05) is 0 Å². The molecule has 0 amide bonds. The number of nitrogens with zero attached hydrogens (tertiary/aromatic N) is 4. The van der Waals surface area contributed by atoms with Crippen molar-refractivity contribution in [2.24, 2.45) is 7.05 Å². The lowest BCUT2D eigenvalue weighted by molar-refractivity contribution is 0.583. The number of H-pyrrole nitrogens is 1. The summed E-state index contributed by atoms with van der Waals surface area (Å²) < 4.78 is 3.54. The summed E-state index contributed by atoms with van der Waals surface area (Å²) in [4.78, 5) is 25.5. The molecule has 0 saturated heterocycles. The van der Waals surface area contributed by atoms with Gasteiger partial charge < -0.3 is 4.98 Å². The van der Waals surface area contributed by atoms with E-state index in [1.807, 2.05) is 49.7 Å². The third-order valence-electron chi connectivity index (χ3n) is 5.82. The van der Waals surface area contributed by atoms with Crippen molar-refractivity contribution in [1.82, 2.24) is 24.1 Å². The standard InChI is InChI=1S/C26H25N5O/c1-16(2)31-21-11-10-19(14-22(21)30(4)26(31)32)24-23(18-8-5-7-17(3)13-18)28-25(29-24)20-9-6-12-27-15-20/h5-16H,1-4H3,(H,28,29). The van der Waals surface area contributed by atoms with Crippen LogP contribution in [-0.4, -0.2) is 24.1 Å². The third kappa shape index (κ3) is 3.24. The van der Waals surface area contributed by atoms with E-state index in [4.69, 9.17) is 4.98 Å². The predicted molar refractivity (Wildman–Crippen MR) is 129 cm³/mol. The van der Waals surface area contributed by atoms with Gasteiger partial charge in [0.05, 0.1) is 22.4 Å². The molecule has 0 bridgehead atoms. The fraction of sp³-hybridized carbons (Fsp3) is 0.192. The molecule has 0 fully saturated rings. The Morgan fingerprint density at radius 2 is 1.75 bits per heavy atom. The molecule has 0 aliphatic rings. The molecule has 5 aromatic rings. The summed E-state index contributed by atoms with van der Waals surface area (Å²) in [6, 6.07) is 18.5. The Balaban J connectivity index is 1.75. The van der Waals surface area contributed by atoms with Crippen molar-refractivity contribution < 1.29 is 0 Å². The molecule has 0 spiro atoms. The molecule has 0 unspecified atom stereocenters. The first kappa shape index (κ1) is 20.0. The van der Waals surface area contributed by atoms with Gasteiger partial charge in [0.2, 0.25) is 0 Å². The van der Waals surface area contributed by atoms with Gasteiger partial charge in [-0.15, -0.1) is 0 Å². The smallest absolute Gasteiger partial charge is 0.329 e. The highest BCUT2D eigenvalue weighted by atomic mass is 16.1. The molecule has 0 aliphatic heterocycles. The molecule has 3 heterocycles. The molecule has 6 nitrogen and oxygen atoms in total. The van der Waals surface area contributed by atoms with E-state index in [-0.39, 0.29) is 11.7 Å². The monoisotopic (exact) mass is 423 g/mol. The van der Waals surface area contributed by atoms with Crippen LogP contribution >= 0.6 is 0 Å². The van der Waals surface area contributed by atoms with Crippen LogP contribution in [-0.2, 0) is 7.05 Å². The average Bonchev–Trinajstić information content (AvgIpc) is 3.34. The quantitative estimate of drug-likeness (QED) is 0.424. The highest BCUT2D eigenvalue weighted by molar-refractivity contribution is 5.87. The summed E-state index contributed by atoms with van der Waals surface area (Å²) in [6.45, 7) is 6.13. The number of pyridine rings is 1. The lowest BCUT2D eigenvalue weighted by Crippen LogP contribution is -2.23. The van der Waals surface area contributed by atoms with Gasteiger partial charge in [-0.05, 0) is 51.1 Å². The second-order valence-corrected chi connectivity index (χ2v) is 8.43. The Morgan fingerprint density at radius 3 is 2.47 bits per heavy atom. The van der Waals surface area contributed by atoms with E-state index in [1.54, 1.807) is 17.0 Å². The van der Waals surface area contributed by atoms with Crippen LogP contribution in [0.25, 0.3) is 44.9 Å². The van der Waals surface area contributed by atoms with Crippen LogP contribution in [0, 0.1) is 6.92 Å². The largest absolute Gasteiger partial charge is 0.337 e. The van der Waals surface area contributed by atoms with Gasteiger partial charge in [-0.25, -0.2) is 9.78 Å². The van der Waals surface area contributed by atoms with E-state index in [1.165, 1.54) is 5.56 Å². The van der Waals surface area contributed by atoms with Crippen LogP contribution < -0.4 is 5.69 Å². The van der Waals surface area contributed by atoms with Crippen LogP contribution in [0.2, 0.25) is 0 Å². The Bertz CT molecular complexity index is 1490. The van der Waals surface area contributed by atoms with Gasteiger partial charge >= 0.3 is 5.69 Å². The number of aromatic nitrogens is 5. The molecular weight excluding hydrogens is 398 g/mol. The minimum absolute atomic E-state index is 0.00767. The number of aryl methyl sites for hydroxylation is 2. The fourth-order valence-electron chi connectivity index (χ4n) is 4.24. The van der Waals surface area contributed by atoms with Crippen LogP contribution in [0.15, 0.2) is 71.8 Å². The zero-order valence-corrected chi connectivity index (χ0v) is 18.6. The maximum absolute atomic E-state index is 12.8. The predicted octanol–water partition coefficient (Wildman–Crippen LogP) is 5.35. The van der Waals surface area contributed by atoms with Crippen molar-refractivity contribution in [2.45, 2.75) is 26.8 Å². The summed E-state index contributed by atoms with van der Waals surface area (Å²) in [5, 5.41) is 0.